The van der Waals surface area contributed by atoms with Crippen molar-refractivity contribution < 1.29 is 9.47 Å². The second-order valence-electron chi connectivity index (χ2n) is 4.37. The van der Waals surface area contributed by atoms with Gasteiger partial charge in [-0.2, -0.15) is 0 Å². The van der Waals surface area contributed by atoms with Gasteiger partial charge >= 0.3 is 0 Å². The molecule has 2 aromatic carbocycles. The number of halogens is 3. The molecule has 0 radical (unpaired) electrons. The molecular weight excluding hydrogens is 375 g/mol. The van der Waals surface area contributed by atoms with Gasteiger partial charge in [-0.05, 0) is 42.8 Å². The largest absolute Gasteiger partial charge is 0.496 e. The maximum Gasteiger partial charge on any atom is 0.123 e. The van der Waals surface area contributed by atoms with Crippen LogP contribution in [0.3, 0.4) is 0 Å². The van der Waals surface area contributed by atoms with Gasteiger partial charge in [-0.3, -0.25) is 0 Å². The fraction of sp³-hybridized carbons (Fsp3) is 0.250. The average Bonchev–Trinajstić information content (AvgIpc) is 2.47. The minimum Gasteiger partial charge on any atom is -0.496 e. The predicted molar refractivity (Wildman–Crippen MR) is 91.0 cm³/mol. The van der Waals surface area contributed by atoms with Crippen LogP contribution in [0.25, 0.3) is 0 Å². The molecule has 2 aromatic rings. The van der Waals surface area contributed by atoms with E-state index in [1.165, 1.54) is 0 Å². The minimum atomic E-state index is -0.372. The Kier molecular flexibility index (Phi) is 5.80. The molecular formula is C16H15BrCl2O2. The van der Waals surface area contributed by atoms with E-state index in [1.54, 1.807) is 13.2 Å². The third-order valence-corrected chi connectivity index (χ3v) is 4.41. The van der Waals surface area contributed by atoms with E-state index in [1.807, 2.05) is 37.3 Å². The molecule has 2 rings (SSSR count). The molecule has 0 spiro atoms. The van der Waals surface area contributed by atoms with E-state index in [4.69, 9.17) is 32.7 Å². The first kappa shape index (κ1) is 16.5. The lowest BCUT2D eigenvalue weighted by molar-refractivity contribution is 0.340. The number of hydrogen-bond donors (Lipinski definition) is 0. The fourth-order valence-electron chi connectivity index (χ4n) is 2.04. The molecule has 0 aliphatic rings. The molecule has 0 N–H and O–H groups in total. The first-order chi connectivity index (χ1) is 10.1. The van der Waals surface area contributed by atoms with E-state index in [9.17, 15) is 0 Å². The number of benzene rings is 2. The van der Waals surface area contributed by atoms with Gasteiger partial charge in [0.05, 0.1) is 19.1 Å². The van der Waals surface area contributed by atoms with Gasteiger partial charge in [-0.15, -0.1) is 11.6 Å². The monoisotopic (exact) mass is 388 g/mol. The molecule has 0 bridgehead atoms. The topological polar surface area (TPSA) is 18.5 Å². The molecule has 21 heavy (non-hydrogen) atoms. The van der Waals surface area contributed by atoms with Crippen molar-refractivity contribution in [3.8, 4) is 11.5 Å². The van der Waals surface area contributed by atoms with Crippen molar-refractivity contribution in [2.24, 2.45) is 0 Å². The molecule has 2 nitrogen and oxygen atoms in total. The Morgan fingerprint density at radius 1 is 1.14 bits per heavy atom. The van der Waals surface area contributed by atoms with Crippen LogP contribution in [-0.4, -0.2) is 13.7 Å². The van der Waals surface area contributed by atoms with E-state index in [0.29, 0.717) is 17.4 Å². The SMILES string of the molecule is CCOc1ccc(C(Cl)c2cc(Cl)ccc2OC)c(Br)c1. The minimum absolute atomic E-state index is 0.372. The summed E-state index contributed by atoms with van der Waals surface area (Å²) in [6.45, 7) is 2.57. The summed E-state index contributed by atoms with van der Waals surface area (Å²) in [5, 5.41) is 0.252. The van der Waals surface area contributed by atoms with E-state index in [0.717, 1.165) is 21.3 Å². The standard InChI is InChI=1S/C16H15BrCl2O2/c1-3-21-11-5-6-12(14(17)9-11)16(19)13-8-10(18)4-7-15(13)20-2/h4-9,16H,3H2,1-2H3. The third kappa shape index (κ3) is 3.85. The molecule has 5 heteroatoms. The Morgan fingerprint density at radius 2 is 1.90 bits per heavy atom. The molecule has 0 saturated carbocycles. The van der Waals surface area contributed by atoms with Gasteiger partial charge in [0.1, 0.15) is 11.5 Å². The van der Waals surface area contributed by atoms with Crippen LogP contribution in [0.2, 0.25) is 5.02 Å². The smallest absolute Gasteiger partial charge is 0.123 e. The number of hydrogen-bond acceptors (Lipinski definition) is 2. The highest BCUT2D eigenvalue weighted by atomic mass is 79.9. The average molecular weight is 390 g/mol. The van der Waals surface area contributed by atoms with Crippen LogP contribution < -0.4 is 9.47 Å². The quantitative estimate of drug-likeness (QED) is 0.598. The predicted octanol–water partition coefficient (Wildman–Crippen LogP) is 5.84. The van der Waals surface area contributed by atoms with Crippen molar-refractivity contribution in [2.45, 2.75) is 12.3 Å². The van der Waals surface area contributed by atoms with Gasteiger partial charge in [0.2, 0.25) is 0 Å². The van der Waals surface area contributed by atoms with Crippen LogP contribution in [0.15, 0.2) is 40.9 Å². The normalized spacial score (nSPS) is 12.0. The van der Waals surface area contributed by atoms with Crippen molar-refractivity contribution in [3.63, 3.8) is 0 Å². The van der Waals surface area contributed by atoms with E-state index < -0.39 is 0 Å². The molecule has 0 amide bonds. The van der Waals surface area contributed by atoms with Gasteiger partial charge in [-0.25, -0.2) is 0 Å². The maximum atomic E-state index is 6.61. The summed E-state index contributed by atoms with van der Waals surface area (Å²) in [6.07, 6.45) is 0. The number of methoxy groups -OCH3 is 1. The zero-order chi connectivity index (χ0) is 15.4. The van der Waals surface area contributed by atoms with Crippen LogP contribution in [0.1, 0.15) is 23.4 Å². The van der Waals surface area contributed by atoms with Crippen molar-refractivity contribution in [1.82, 2.24) is 0 Å². The highest BCUT2D eigenvalue weighted by Gasteiger charge is 2.19. The Labute approximate surface area is 143 Å². The van der Waals surface area contributed by atoms with Gasteiger partial charge in [0.15, 0.2) is 0 Å². The Morgan fingerprint density at radius 3 is 2.52 bits per heavy atom. The lowest BCUT2D eigenvalue weighted by atomic mass is 10.0. The molecule has 1 atom stereocenters. The maximum absolute atomic E-state index is 6.61. The van der Waals surface area contributed by atoms with Crippen molar-refractivity contribution in [2.75, 3.05) is 13.7 Å². The first-order valence-corrected chi connectivity index (χ1v) is 8.07. The number of ether oxygens (including phenoxy) is 2. The zero-order valence-corrected chi connectivity index (χ0v) is 14.8. The summed E-state index contributed by atoms with van der Waals surface area (Å²) in [4.78, 5) is 0. The van der Waals surface area contributed by atoms with Crippen LogP contribution in [0.4, 0.5) is 0 Å². The van der Waals surface area contributed by atoms with Gasteiger partial charge in [0.25, 0.3) is 0 Å². The first-order valence-electron chi connectivity index (χ1n) is 6.46. The summed E-state index contributed by atoms with van der Waals surface area (Å²) in [7, 11) is 1.61. The van der Waals surface area contributed by atoms with Gasteiger partial charge < -0.3 is 9.47 Å². The number of rotatable bonds is 5. The molecule has 0 aromatic heterocycles. The van der Waals surface area contributed by atoms with Crippen molar-refractivity contribution in [1.29, 1.82) is 0 Å². The third-order valence-electron chi connectivity index (χ3n) is 3.02. The Balaban J connectivity index is 2.40. The summed E-state index contributed by atoms with van der Waals surface area (Å²) in [6, 6.07) is 11.2. The van der Waals surface area contributed by atoms with E-state index in [2.05, 4.69) is 15.9 Å². The van der Waals surface area contributed by atoms with Crippen LogP contribution in [-0.2, 0) is 0 Å². The highest BCUT2D eigenvalue weighted by Crippen LogP contribution is 2.40. The van der Waals surface area contributed by atoms with E-state index >= 15 is 0 Å². The summed E-state index contributed by atoms with van der Waals surface area (Å²) >= 11 is 16.2. The Bertz CT molecular complexity index is 632. The fourth-order valence-corrected chi connectivity index (χ4v) is 3.30. The van der Waals surface area contributed by atoms with Crippen LogP contribution in [0, 0.1) is 0 Å². The molecule has 112 valence electrons. The summed E-state index contributed by atoms with van der Waals surface area (Å²) in [5.74, 6) is 1.51. The molecule has 0 saturated heterocycles. The second kappa shape index (κ2) is 7.39. The molecule has 1 unspecified atom stereocenters. The lowest BCUT2D eigenvalue weighted by Crippen LogP contribution is -1.99. The molecule has 0 aliphatic carbocycles. The molecule has 0 heterocycles. The lowest BCUT2D eigenvalue weighted by Gasteiger charge is -2.17. The van der Waals surface area contributed by atoms with Crippen molar-refractivity contribution in [3.05, 3.63) is 57.0 Å². The zero-order valence-electron chi connectivity index (χ0n) is 11.7. The molecule has 0 fully saturated rings. The van der Waals surface area contributed by atoms with Crippen LogP contribution >= 0.6 is 39.1 Å². The van der Waals surface area contributed by atoms with Gasteiger partial charge in [-0.1, -0.05) is 33.6 Å². The Hall–Kier alpha value is -0.900. The highest BCUT2D eigenvalue weighted by molar-refractivity contribution is 9.10. The summed E-state index contributed by atoms with van der Waals surface area (Å²) in [5.41, 5.74) is 1.76. The molecule has 0 aliphatic heterocycles. The van der Waals surface area contributed by atoms with Gasteiger partial charge in [0, 0.05) is 15.1 Å². The van der Waals surface area contributed by atoms with Crippen LogP contribution in [0.5, 0.6) is 11.5 Å². The number of alkyl halides is 1. The summed E-state index contributed by atoms with van der Waals surface area (Å²) < 4.78 is 11.7. The second-order valence-corrected chi connectivity index (χ2v) is 6.09. The van der Waals surface area contributed by atoms with E-state index in [-0.39, 0.29) is 5.38 Å². The van der Waals surface area contributed by atoms with Crippen molar-refractivity contribution >= 4 is 39.1 Å².